The normalized spacial score (nSPS) is 11.1. The van der Waals surface area contributed by atoms with Crippen molar-refractivity contribution in [1.29, 1.82) is 0 Å². The molecule has 2 rings (SSSR count). The zero-order chi connectivity index (χ0) is 15.5. The Kier molecular flexibility index (Phi) is 5.36. The van der Waals surface area contributed by atoms with Crippen LogP contribution >= 0.6 is 0 Å². The maximum absolute atomic E-state index is 5.66. The summed E-state index contributed by atoms with van der Waals surface area (Å²) in [5, 5.41) is 2.45. The first-order valence-corrected chi connectivity index (χ1v) is 17.3. The first-order chi connectivity index (χ1) is 9.97. The molecule has 2 aromatic carbocycles. The van der Waals surface area contributed by atoms with Crippen molar-refractivity contribution < 1.29 is 9.47 Å². The second-order valence-corrected chi connectivity index (χ2v) is 20.6. The van der Waals surface area contributed by atoms with Crippen molar-refractivity contribution in [2.24, 2.45) is 0 Å². The second kappa shape index (κ2) is 6.86. The molecule has 2 nitrogen and oxygen atoms in total. The quantitative estimate of drug-likeness (QED) is 0.445. The van der Waals surface area contributed by atoms with Gasteiger partial charge in [-0.05, 0) is 0 Å². The van der Waals surface area contributed by atoms with E-state index in [2.05, 4.69) is 60.8 Å². The van der Waals surface area contributed by atoms with Crippen LogP contribution in [0.3, 0.4) is 0 Å². The zero-order valence-electron chi connectivity index (χ0n) is 12.9. The van der Waals surface area contributed by atoms with Gasteiger partial charge in [-0.15, -0.1) is 0 Å². The molecule has 0 aliphatic carbocycles. The predicted octanol–water partition coefficient (Wildman–Crippen LogP) is 2.85. The van der Waals surface area contributed by atoms with Crippen molar-refractivity contribution in [2.75, 3.05) is 13.9 Å². The SMILES string of the molecule is COCOc1c[c]([Sn]([CH3])([CH3])[CH3])c2c(C#C[Si])cccc2c1. The fraction of sp³-hybridized carbons (Fsp3) is 0.294. The molecular formula is C17H19O2SiSn. The van der Waals surface area contributed by atoms with Gasteiger partial charge in [-0.1, -0.05) is 0 Å². The molecule has 107 valence electrons. The van der Waals surface area contributed by atoms with Gasteiger partial charge in [-0.25, -0.2) is 0 Å². The standard InChI is InChI=1S/C14H10O2Si.3CH3.Sn/c1-15-10-16-13-5-6-14-11(7-8-17)3-2-4-12(14)9-13;;;;/h2-5,9H,10H2,1H3;3*1H3;. The summed E-state index contributed by atoms with van der Waals surface area (Å²) >= 11 is -2.32. The Morgan fingerprint density at radius 2 is 1.95 bits per heavy atom. The van der Waals surface area contributed by atoms with Gasteiger partial charge in [0.1, 0.15) is 0 Å². The van der Waals surface area contributed by atoms with Crippen LogP contribution in [0.2, 0.25) is 14.8 Å². The Morgan fingerprint density at radius 3 is 2.57 bits per heavy atom. The Morgan fingerprint density at radius 1 is 1.19 bits per heavy atom. The average molecular weight is 402 g/mol. The fourth-order valence-corrected chi connectivity index (χ4v) is 7.09. The van der Waals surface area contributed by atoms with Gasteiger partial charge in [-0.3, -0.25) is 0 Å². The Hall–Kier alpha value is -0.964. The molecule has 0 spiro atoms. The number of methoxy groups -OCH3 is 1. The number of rotatable bonds is 4. The van der Waals surface area contributed by atoms with Gasteiger partial charge in [0.2, 0.25) is 0 Å². The molecule has 0 bridgehead atoms. The van der Waals surface area contributed by atoms with Crippen molar-refractivity contribution in [1.82, 2.24) is 0 Å². The molecule has 0 atom stereocenters. The molecule has 4 heteroatoms. The van der Waals surface area contributed by atoms with E-state index >= 15 is 0 Å². The Labute approximate surface area is 134 Å². The van der Waals surface area contributed by atoms with Crippen LogP contribution < -0.4 is 8.32 Å². The van der Waals surface area contributed by atoms with E-state index in [0.717, 1.165) is 11.3 Å². The van der Waals surface area contributed by atoms with E-state index in [4.69, 9.17) is 9.47 Å². The third kappa shape index (κ3) is 3.82. The van der Waals surface area contributed by atoms with E-state index < -0.39 is 18.4 Å². The van der Waals surface area contributed by atoms with Crippen LogP contribution in [-0.2, 0) is 4.74 Å². The van der Waals surface area contributed by atoms with Crippen molar-refractivity contribution in [3.8, 4) is 17.2 Å². The van der Waals surface area contributed by atoms with Gasteiger partial charge in [0.05, 0.1) is 0 Å². The molecule has 3 radical (unpaired) electrons. The van der Waals surface area contributed by atoms with E-state index in [1.165, 1.54) is 14.4 Å². The summed E-state index contributed by atoms with van der Waals surface area (Å²) in [6.45, 7) is 0.269. The van der Waals surface area contributed by atoms with Gasteiger partial charge < -0.3 is 0 Å². The van der Waals surface area contributed by atoms with Crippen molar-refractivity contribution in [3.05, 3.63) is 35.9 Å². The van der Waals surface area contributed by atoms with Gasteiger partial charge in [-0.2, -0.15) is 0 Å². The third-order valence-corrected chi connectivity index (χ3v) is 9.16. The maximum atomic E-state index is 5.66. The van der Waals surface area contributed by atoms with E-state index in [9.17, 15) is 0 Å². The van der Waals surface area contributed by atoms with Crippen molar-refractivity contribution in [2.45, 2.75) is 14.8 Å². The molecule has 0 saturated heterocycles. The van der Waals surface area contributed by atoms with Crippen LogP contribution in [0.5, 0.6) is 5.75 Å². The molecular weight excluding hydrogens is 383 g/mol. The molecule has 0 N–H and O–H groups in total. The van der Waals surface area contributed by atoms with E-state index in [1.807, 2.05) is 6.07 Å². The van der Waals surface area contributed by atoms with Crippen molar-refractivity contribution in [3.63, 3.8) is 0 Å². The van der Waals surface area contributed by atoms with Gasteiger partial charge in [0.15, 0.2) is 0 Å². The van der Waals surface area contributed by atoms with Gasteiger partial charge in [0, 0.05) is 0 Å². The van der Waals surface area contributed by atoms with E-state index in [0.29, 0.717) is 0 Å². The number of benzene rings is 2. The van der Waals surface area contributed by atoms with Crippen LogP contribution in [0.25, 0.3) is 10.8 Å². The molecule has 0 amide bonds. The summed E-state index contributed by atoms with van der Waals surface area (Å²) in [4.78, 5) is 7.21. The van der Waals surface area contributed by atoms with E-state index in [1.54, 1.807) is 7.11 Å². The van der Waals surface area contributed by atoms with Crippen LogP contribution in [0.15, 0.2) is 30.3 Å². The molecule has 0 unspecified atom stereocenters. The van der Waals surface area contributed by atoms with Gasteiger partial charge in [0.25, 0.3) is 0 Å². The molecule has 0 aliphatic rings. The summed E-state index contributed by atoms with van der Waals surface area (Å²) in [5.74, 6) is 4.03. The molecule has 0 heterocycles. The summed E-state index contributed by atoms with van der Waals surface area (Å²) < 4.78 is 12.1. The monoisotopic (exact) mass is 403 g/mol. The minimum atomic E-state index is -2.32. The fourth-order valence-electron chi connectivity index (χ4n) is 2.37. The van der Waals surface area contributed by atoms with Gasteiger partial charge >= 0.3 is 134 Å². The van der Waals surface area contributed by atoms with Crippen LogP contribution in [0, 0.1) is 11.5 Å². The summed E-state index contributed by atoms with van der Waals surface area (Å²) in [6.07, 6.45) is 0. The summed E-state index contributed by atoms with van der Waals surface area (Å²) in [6, 6.07) is 10.5. The van der Waals surface area contributed by atoms with Crippen LogP contribution in [0.1, 0.15) is 5.56 Å². The topological polar surface area (TPSA) is 18.5 Å². The first kappa shape index (κ1) is 16.4. The number of hydrogen-bond acceptors (Lipinski definition) is 2. The summed E-state index contributed by atoms with van der Waals surface area (Å²) in [5.41, 5.74) is 3.90. The zero-order valence-corrected chi connectivity index (χ0v) is 16.8. The molecule has 0 saturated carbocycles. The number of fused-ring (bicyclic) bond motifs is 1. The number of ether oxygens (including phenoxy) is 2. The Bertz CT molecular complexity index is 708. The van der Waals surface area contributed by atoms with Crippen LogP contribution in [0.4, 0.5) is 0 Å². The van der Waals surface area contributed by atoms with E-state index in [-0.39, 0.29) is 6.79 Å². The molecule has 2 aromatic rings. The molecule has 0 aromatic heterocycles. The van der Waals surface area contributed by atoms with Crippen molar-refractivity contribution >= 4 is 43.0 Å². The van der Waals surface area contributed by atoms with Crippen LogP contribution in [-0.4, -0.2) is 42.5 Å². The first-order valence-electron chi connectivity index (χ1n) is 6.84. The molecule has 0 fully saturated rings. The third-order valence-electron chi connectivity index (χ3n) is 3.30. The summed E-state index contributed by atoms with van der Waals surface area (Å²) in [7, 11) is 4.89. The number of hydrogen-bond donors (Lipinski definition) is 0. The Balaban J connectivity index is 2.74. The predicted molar refractivity (Wildman–Crippen MR) is 92.1 cm³/mol. The molecule has 21 heavy (non-hydrogen) atoms. The minimum absolute atomic E-state index is 0.269. The molecule has 0 aliphatic heterocycles. The average Bonchev–Trinajstić information content (AvgIpc) is 2.43. The second-order valence-electron chi connectivity index (χ2n) is 5.93.